The maximum absolute atomic E-state index is 5.65. The number of guanidine groups is 1. The lowest BCUT2D eigenvalue weighted by atomic mass is 9.74. The first-order chi connectivity index (χ1) is 14.7. The second kappa shape index (κ2) is 10.9. The number of rotatable bonds is 8. The Kier molecular flexibility index (Phi) is 7.97. The lowest BCUT2D eigenvalue weighted by Crippen LogP contribution is -2.48. The van der Waals surface area contributed by atoms with Crippen molar-refractivity contribution in [1.29, 1.82) is 0 Å². The number of aliphatic imine (C=N–C) groups is 1. The number of nitrogens with zero attached hydrogens (tertiary/aromatic N) is 1. The first-order valence-corrected chi connectivity index (χ1v) is 10.6. The van der Waals surface area contributed by atoms with Crippen molar-refractivity contribution in [3.63, 3.8) is 0 Å². The van der Waals surface area contributed by atoms with Gasteiger partial charge in [-0.3, -0.25) is 0 Å². The maximum atomic E-state index is 5.65. The predicted octanol–water partition coefficient (Wildman–Crippen LogP) is 3.51. The van der Waals surface area contributed by atoms with E-state index >= 15 is 0 Å². The summed E-state index contributed by atoms with van der Waals surface area (Å²) >= 11 is 0. The minimum absolute atomic E-state index is 0.0491. The van der Waals surface area contributed by atoms with E-state index in [0.29, 0.717) is 6.54 Å². The fourth-order valence-corrected chi connectivity index (χ4v) is 3.86. The minimum atomic E-state index is 0.0491. The van der Waals surface area contributed by atoms with Crippen molar-refractivity contribution in [2.45, 2.75) is 31.7 Å². The molecule has 0 radical (unpaired) electrons. The summed E-state index contributed by atoms with van der Waals surface area (Å²) in [6.07, 6.45) is 1.99. The second-order valence-electron chi connectivity index (χ2n) is 7.49. The molecule has 30 heavy (non-hydrogen) atoms. The fraction of sp³-hybridized carbons (Fsp3) is 0.458. The molecule has 0 spiro atoms. The molecule has 0 amide bonds. The summed E-state index contributed by atoms with van der Waals surface area (Å²) in [5.41, 5.74) is 2.42. The molecule has 1 fully saturated rings. The van der Waals surface area contributed by atoms with Gasteiger partial charge in [0.15, 0.2) is 5.96 Å². The molecule has 0 saturated carbocycles. The Morgan fingerprint density at radius 2 is 1.80 bits per heavy atom. The Labute approximate surface area is 179 Å². The topological polar surface area (TPSA) is 64.1 Å². The summed E-state index contributed by atoms with van der Waals surface area (Å²) in [7, 11) is 3.32. The summed E-state index contributed by atoms with van der Waals surface area (Å²) in [4.78, 5) is 4.80. The molecule has 2 aromatic carbocycles. The zero-order valence-corrected chi connectivity index (χ0v) is 18.2. The largest absolute Gasteiger partial charge is 0.497 e. The molecule has 0 aromatic heterocycles. The van der Waals surface area contributed by atoms with Gasteiger partial charge in [-0.25, -0.2) is 4.99 Å². The van der Waals surface area contributed by atoms with Gasteiger partial charge in [-0.1, -0.05) is 30.3 Å². The zero-order valence-electron chi connectivity index (χ0n) is 18.2. The van der Waals surface area contributed by atoms with E-state index in [1.807, 2.05) is 18.2 Å². The van der Waals surface area contributed by atoms with E-state index in [4.69, 9.17) is 19.2 Å². The highest BCUT2D eigenvalue weighted by Crippen LogP contribution is 2.34. The number of benzene rings is 2. The highest BCUT2D eigenvalue weighted by molar-refractivity contribution is 5.80. The predicted molar refractivity (Wildman–Crippen MR) is 121 cm³/mol. The molecular weight excluding hydrogens is 378 g/mol. The average molecular weight is 412 g/mol. The van der Waals surface area contributed by atoms with Crippen LogP contribution < -0.4 is 20.1 Å². The van der Waals surface area contributed by atoms with E-state index in [-0.39, 0.29) is 5.41 Å². The zero-order chi connectivity index (χ0) is 21.2. The Bertz CT molecular complexity index is 818. The molecule has 6 heteroatoms. The summed E-state index contributed by atoms with van der Waals surface area (Å²) in [5, 5.41) is 6.94. The number of nitrogens with one attached hydrogen (secondary N) is 2. The molecule has 6 nitrogen and oxygen atoms in total. The number of methoxy groups -OCH3 is 2. The summed E-state index contributed by atoms with van der Waals surface area (Å²) in [5.74, 6) is 2.35. The maximum Gasteiger partial charge on any atom is 0.191 e. The molecular formula is C24H33N3O3. The monoisotopic (exact) mass is 411 g/mol. The Morgan fingerprint density at radius 1 is 1.03 bits per heavy atom. The molecule has 0 bridgehead atoms. The van der Waals surface area contributed by atoms with Gasteiger partial charge < -0.3 is 24.8 Å². The first kappa shape index (κ1) is 22.0. The third-order valence-corrected chi connectivity index (χ3v) is 5.68. The lowest BCUT2D eigenvalue weighted by Gasteiger charge is -2.38. The van der Waals surface area contributed by atoms with Crippen LogP contribution in [0.2, 0.25) is 0 Å². The van der Waals surface area contributed by atoms with Gasteiger partial charge in [-0.05, 0) is 37.5 Å². The highest BCUT2D eigenvalue weighted by Gasteiger charge is 2.34. The summed E-state index contributed by atoms with van der Waals surface area (Å²) in [6, 6.07) is 16.5. The molecule has 1 saturated heterocycles. The van der Waals surface area contributed by atoms with Crippen molar-refractivity contribution in [2.24, 2.45) is 4.99 Å². The van der Waals surface area contributed by atoms with Crippen LogP contribution in [0.3, 0.4) is 0 Å². The lowest BCUT2D eigenvalue weighted by molar-refractivity contribution is 0.0514. The highest BCUT2D eigenvalue weighted by atomic mass is 16.5. The number of ether oxygens (including phenoxy) is 3. The van der Waals surface area contributed by atoms with Crippen molar-refractivity contribution >= 4 is 5.96 Å². The molecule has 162 valence electrons. The van der Waals surface area contributed by atoms with E-state index in [1.54, 1.807) is 14.2 Å². The standard InChI is InChI=1S/C24H33N3O3/c1-4-25-23(26-17-19-10-11-21(28-2)16-22(19)29-3)27-18-24(12-14-30-15-13-24)20-8-6-5-7-9-20/h5-11,16H,4,12-15,17-18H2,1-3H3,(H2,25,26,27). The van der Waals surface area contributed by atoms with E-state index in [9.17, 15) is 0 Å². The Morgan fingerprint density at radius 3 is 2.47 bits per heavy atom. The van der Waals surface area contributed by atoms with Crippen LogP contribution in [0.4, 0.5) is 0 Å². The molecule has 2 aromatic rings. The van der Waals surface area contributed by atoms with Gasteiger partial charge in [0.1, 0.15) is 11.5 Å². The fourth-order valence-electron chi connectivity index (χ4n) is 3.86. The van der Waals surface area contributed by atoms with Gasteiger partial charge >= 0.3 is 0 Å². The van der Waals surface area contributed by atoms with Gasteiger partial charge in [0.2, 0.25) is 0 Å². The van der Waals surface area contributed by atoms with E-state index in [1.165, 1.54) is 5.56 Å². The normalized spacial score (nSPS) is 16.0. The van der Waals surface area contributed by atoms with Crippen molar-refractivity contribution in [3.05, 3.63) is 59.7 Å². The van der Waals surface area contributed by atoms with Gasteiger partial charge in [0.25, 0.3) is 0 Å². The van der Waals surface area contributed by atoms with Gasteiger partial charge in [0, 0.05) is 43.3 Å². The SMILES string of the molecule is CCNC(=NCc1ccc(OC)cc1OC)NCC1(c2ccccc2)CCOCC1. The molecule has 1 heterocycles. The second-order valence-corrected chi connectivity index (χ2v) is 7.49. The van der Waals surface area contributed by atoms with Crippen LogP contribution in [0.1, 0.15) is 30.9 Å². The molecule has 1 aliphatic rings. The van der Waals surface area contributed by atoms with Gasteiger partial charge in [-0.15, -0.1) is 0 Å². The van der Waals surface area contributed by atoms with Crippen LogP contribution >= 0.6 is 0 Å². The van der Waals surface area contributed by atoms with Crippen molar-refractivity contribution in [2.75, 3.05) is 40.5 Å². The molecule has 1 aliphatic heterocycles. The summed E-state index contributed by atoms with van der Waals surface area (Å²) in [6.45, 7) is 5.77. The van der Waals surface area contributed by atoms with E-state index < -0.39 is 0 Å². The van der Waals surface area contributed by atoms with Crippen LogP contribution in [0.5, 0.6) is 11.5 Å². The minimum Gasteiger partial charge on any atom is -0.497 e. The van der Waals surface area contributed by atoms with Crippen LogP contribution in [-0.4, -0.2) is 46.5 Å². The number of hydrogen-bond acceptors (Lipinski definition) is 4. The van der Waals surface area contributed by atoms with Crippen LogP contribution in [-0.2, 0) is 16.7 Å². The van der Waals surface area contributed by atoms with Crippen LogP contribution in [0, 0.1) is 0 Å². The molecule has 3 rings (SSSR count). The molecule has 0 aliphatic carbocycles. The number of hydrogen-bond donors (Lipinski definition) is 2. The van der Waals surface area contributed by atoms with E-state index in [2.05, 4.69) is 47.9 Å². The Balaban J connectivity index is 1.74. The summed E-state index contributed by atoms with van der Waals surface area (Å²) < 4.78 is 16.4. The Hall–Kier alpha value is -2.73. The van der Waals surface area contributed by atoms with Crippen LogP contribution in [0.25, 0.3) is 0 Å². The molecule has 0 atom stereocenters. The van der Waals surface area contributed by atoms with Gasteiger partial charge in [0.05, 0.1) is 20.8 Å². The van der Waals surface area contributed by atoms with E-state index in [0.717, 1.165) is 62.2 Å². The third kappa shape index (κ3) is 5.45. The average Bonchev–Trinajstić information content (AvgIpc) is 2.82. The van der Waals surface area contributed by atoms with Crippen molar-refractivity contribution < 1.29 is 14.2 Å². The quantitative estimate of drug-likeness (QED) is 0.514. The molecule has 0 unspecified atom stereocenters. The van der Waals surface area contributed by atoms with Gasteiger partial charge in [-0.2, -0.15) is 0 Å². The first-order valence-electron chi connectivity index (χ1n) is 10.6. The van der Waals surface area contributed by atoms with Crippen LogP contribution in [0.15, 0.2) is 53.5 Å². The van der Waals surface area contributed by atoms with Crippen molar-refractivity contribution in [1.82, 2.24) is 10.6 Å². The third-order valence-electron chi connectivity index (χ3n) is 5.68. The smallest absolute Gasteiger partial charge is 0.191 e. The molecule has 2 N–H and O–H groups in total. The van der Waals surface area contributed by atoms with Crippen molar-refractivity contribution in [3.8, 4) is 11.5 Å².